The van der Waals surface area contributed by atoms with Gasteiger partial charge in [0.25, 0.3) is 11.8 Å². The van der Waals surface area contributed by atoms with E-state index in [1.165, 1.54) is 37.0 Å². The number of hydrogen-bond acceptors (Lipinski definition) is 6. The summed E-state index contributed by atoms with van der Waals surface area (Å²) < 4.78 is 42.2. The van der Waals surface area contributed by atoms with Crippen molar-refractivity contribution in [3.8, 4) is 11.3 Å². The average molecular weight is 483 g/mol. The second kappa shape index (κ2) is 8.45. The number of amides is 1. The molecule has 8 nitrogen and oxygen atoms in total. The number of pyridine rings is 1. The van der Waals surface area contributed by atoms with E-state index in [4.69, 9.17) is 11.6 Å². The normalized spacial score (nSPS) is 16.9. The van der Waals surface area contributed by atoms with Crippen molar-refractivity contribution in [1.29, 1.82) is 0 Å². The highest BCUT2D eigenvalue weighted by Crippen LogP contribution is 2.40. The maximum Gasteiger partial charge on any atom is 0.255 e. The smallest absolute Gasteiger partial charge is 0.255 e. The van der Waals surface area contributed by atoms with Crippen molar-refractivity contribution in [3.05, 3.63) is 41.4 Å². The Morgan fingerprint density at radius 3 is 2.73 bits per heavy atom. The Kier molecular flexibility index (Phi) is 5.95. The van der Waals surface area contributed by atoms with Crippen molar-refractivity contribution in [1.82, 2.24) is 24.9 Å². The molecule has 0 aliphatic heterocycles. The maximum absolute atomic E-state index is 14.1. The van der Waals surface area contributed by atoms with Crippen LogP contribution in [0.15, 0.2) is 30.9 Å². The van der Waals surface area contributed by atoms with Crippen molar-refractivity contribution in [2.45, 2.75) is 50.4 Å². The van der Waals surface area contributed by atoms with Gasteiger partial charge in [-0.05, 0) is 19.9 Å². The Morgan fingerprint density at radius 2 is 2.06 bits per heavy atom. The van der Waals surface area contributed by atoms with Crippen molar-refractivity contribution in [2.24, 2.45) is 0 Å². The summed E-state index contributed by atoms with van der Waals surface area (Å²) in [5.74, 6) is -3.41. The summed E-state index contributed by atoms with van der Waals surface area (Å²) in [5.41, 5.74) is 0.120. The largest absolute Gasteiger partial charge is 0.387 e. The minimum absolute atomic E-state index is 0.0596. The molecule has 1 aliphatic carbocycles. The van der Waals surface area contributed by atoms with Gasteiger partial charge in [0, 0.05) is 31.3 Å². The molecule has 1 aliphatic rings. The molecule has 1 atom stereocenters. The number of halogens is 4. The third-order valence-electron chi connectivity index (χ3n) is 5.41. The SMILES string of the molecule is CC(C)(O)[C@H](F)CNC(=O)c1cnc(-c2cnn3cc(Cl)cnc23)cc1NC1CC(F)(F)C1. The van der Waals surface area contributed by atoms with Crippen LogP contribution in [0.2, 0.25) is 5.02 Å². The van der Waals surface area contributed by atoms with E-state index in [1.807, 2.05) is 0 Å². The minimum Gasteiger partial charge on any atom is -0.387 e. The Labute approximate surface area is 192 Å². The van der Waals surface area contributed by atoms with E-state index in [9.17, 15) is 23.1 Å². The van der Waals surface area contributed by atoms with E-state index in [-0.39, 0.29) is 24.1 Å². The van der Waals surface area contributed by atoms with Crippen LogP contribution < -0.4 is 10.6 Å². The molecule has 0 unspecified atom stereocenters. The number of carbonyl (C=O) groups excluding carboxylic acids is 1. The number of nitrogens with zero attached hydrogens (tertiary/aromatic N) is 4. The van der Waals surface area contributed by atoms with Gasteiger partial charge in [-0.2, -0.15) is 5.10 Å². The number of nitrogens with one attached hydrogen (secondary N) is 2. The summed E-state index contributed by atoms with van der Waals surface area (Å²) >= 11 is 5.94. The molecule has 3 N–H and O–H groups in total. The molecular formula is C21H22ClF3N6O2. The van der Waals surface area contributed by atoms with Crippen LogP contribution >= 0.6 is 11.6 Å². The van der Waals surface area contributed by atoms with E-state index in [0.29, 0.717) is 21.9 Å². The predicted octanol–water partition coefficient (Wildman–Crippen LogP) is 3.49. The Hall–Kier alpha value is -2.92. The lowest BCUT2D eigenvalue weighted by Crippen LogP contribution is -2.45. The number of anilines is 1. The lowest BCUT2D eigenvalue weighted by Gasteiger charge is -2.36. The van der Waals surface area contributed by atoms with Crippen molar-refractivity contribution >= 4 is 28.8 Å². The zero-order valence-electron chi connectivity index (χ0n) is 17.8. The molecule has 0 saturated heterocycles. The fourth-order valence-corrected chi connectivity index (χ4v) is 3.59. The molecule has 3 aromatic rings. The molecule has 12 heteroatoms. The van der Waals surface area contributed by atoms with Crippen molar-refractivity contribution in [2.75, 3.05) is 11.9 Å². The van der Waals surface area contributed by atoms with Crippen molar-refractivity contribution in [3.63, 3.8) is 0 Å². The molecule has 1 amide bonds. The van der Waals surface area contributed by atoms with Crippen LogP contribution in [0.4, 0.5) is 18.9 Å². The summed E-state index contributed by atoms with van der Waals surface area (Å²) in [6.45, 7) is 2.16. The molecule has 176 valence electrons. The van der Waals surface area contributed by atoms with Crippen LogP contribution in [0.3, 0.4) is 0 Å². The zero-order valence-corrected chi connectivity index (χ0v) is 18.6. The summed E-state index contributed by atoms with van der Waals surface area (Å²) in [6.07, 6.45) is 3.39. The second-order valence-electron chi connectivity index (χ2n) is 8.65. The third-order valence-corrected chi connectivity index (χ3v) is 5.60. The quantitative estimate of drug-likeness (QED) is 0.476. The summed E-state index contributed by atoms with van der Waals surface area (Å²) in [4.78, 5) is 21.3. The van der Waals surface area contributed by atoms with Gasteiger partial charge >= 0.3 is 0 Å². The van der Waals surface area contributed by atoms with Crippen LogP contribution in [0.1, 0.15) is 37.0 Å². The number of fused-ring (bicyclic) bond motifs is 1. The average Bonchev–Trinajstić information content (AvgIpc) is 3.12. The van der Waals surface area contributed by atoms with E-state index < -0.39 is 36.2 Å². The number of aliphatic hydroxyl groups is 1. The van der Waals surface area contributed by atoms with E-state index in [1.54, 1.807) is 12.3 Å². The van der Waals surface area contributed by atoms with Crippen LogP contribution in [-0.4, -0.2) is 60.9 Å². The molecule has 0 aromatic carbocycles. The van der Waals surface area contributed by atoms with Gasteiger partial charge in [0.15, 0.2) is 5.65 Å². The van der Waals surface area contributed by atoms with Gasteiger partial charge in [-0.15, -0.1) is 0 Å². The van der Waals surface area contributed by atoms with Crippen LogP contribution in [0.5, 0.6) is 0 Å². The minimum atomic E-state index is -2.75. The molecule has 1 fully saturated rings. The number of carbonyl (C=O) groups is 1. The molecule has 1 saturated carbocycles. The topological polar surface area (TPSA) is 104 Å². The van der Waals surface area contributed by atoms with Crippen LogP contribution in [-0.2, 0) is 0 Å². The molecule has 33 heavy (non-hydrogen) atoms. The Balaban J connectivity index is 1.64. The van der Waals surface area contributed by atoms with Gasteiger partial charge in [-0.1, -0.05) is 11.6 Å². The zero-order chi connectivity index (χ0) is 24.0. The highest BCUT2D eigenvalue weighted by molar-refractivity contribution is 6.30. The molecule has 4 rings (SSSR count). The summed E-state index contributed by atoms with van der Waals surface area (Å²) in [5, 5.41) is 19.7. The first-order chi connectivity index (χ1) is 15.4. The fourth-order valence-electron chi connectivity index (χ4n) is 3.45. The molecule has 3 aromatic heterocycles. The van der Waals surface area contributed by atoms with Gasteiger partial charge in [-0.25, -0.2) is 22.7 Å². The fraction of sp³-hybridized carbons (Fsp3) is 0.429. The van der Waals surface area contributed by atoms with E-state index in [2.05, 4.69) is 25.7 Å². The molecule has 0 spiro atoms. The monoisotopic (exact) mass is 482 g/mol. The highest BCUT2D eigenvalue weighted by Gasteiger charge is 2.45. The number of rotatable bonds is 7. The van der Waals surface area contributed by atoms with Gasteiger partial charge in [0.2, 0.25) is 0 Å². The molecule has 3 heterocycles. The maximum atomic E-state index is 14.1. The number of aromatic nitrogens is 4. The molecule has 0 bridgehead atoms. The van der Waals surface area contributed by atoms with E-state index >= 15 is 0 Å². The second-order valence-corrected chi connectivity index (χ2v) is 9.09. The standard InChI is InChI=1S/C21H22ClF3N6O2/c1-20(2,33)17(23)9-28-19(32)14-7-26-15(3-16(14)30-12-4-21(24,25)5-12)13-8-29-31-10-11(22)6-27-18(13)31/h3,6-8,10,12,17,33H,4-5,9H2,1-2H3,(H,26,30)(H,28,32)/t17-/m1/s1. The summed E-state index contributed by atoms with van der Waals surface area (Å²) in [6, 6.07) is 1.01. The van der Waals surface area contributed by atoms with Crippen LogP contribution in [0, 0.1) is 0 Å². The van der Waals surface area contributed by atoms with Gasteiger partial charge in [0.05, 0.1) is 52.1 Å². The predicted molar refractivity (Wildman–Crippen MR) is 116 cm³/mol. The van der Waals surface area contributed by atoms with Gasteiger partial charge in [-0.3, -0.25) is 9.78 Å². The van der Waals surface area contributed by atoms with Gasteiger partial charge < -0.3 is 15.7 Å². The molecule has 0 radical (unpaired) electrons. The summed E-state index contributed by atoms with van der Waals surface area (Å²) in [7, 11) is 0. The lowest BCUT2D eigenvalue weighted by atomic mass is 9.88. The Bertz CT molecular complexity index is 1190. The van der Waals surface area contributed by atoms with E-state index in [0.717, 1.165) is 0 Å². The van der Waals surface area contributed by atoms with Crippen LogP contribution in [0.25, 0.3) is 16.9 Å². The first-order valence-electron chi connectivity index (χ1n) is 10.2. The van der Waals surface area contributed by atoms with Gasteiger partial charge in [0.1, 0.15) is 6.17 Å². The Morgan fingerprint density at radius 1 is 1.33 bits per heavy atom. The first-order valence-corrected chi connectivity index (χ1v) is 10.6. The first kappa shape index (κ1) is 23.2. The molecular weight excluding hydrogens is 461 g/mol. The van der Waals surface area contributed by atoms with Crippen molar-refractivity contribution < 1.29 is 23.1 Å². The lowest BCUT2D eigenvalue weighted by molar-refractivity contribution is -0.0793. The number of alkyl halides is 3. The highest BCUT2D eigenvalue weighted by atomic mass is 35.5. The number of hydrogen-bond donors (Lipinski definition) is 3. The third kappa shape index (κ3) is 5.03.